The van der Waals surface area contributed by atoms with E-state index in [1.54, 1.807) is 0 Å². The summed E-state index contributed by atoms with van der Waals surface area (Å²) in [6.07, 6.45) is 2.03. The molecule has 1 saturated heterocycles. The maximum Gasteiger partial charge on any atom is 0.405 e. The molecule has 88 valence electrons. The van der Waals surface area contributed by atoms with Crippen LogP contribution in [0.4, 0.5) is 4.79 Å². The van der Waals surface area contributed by atoms with Crippen molar-refractivity contribution in [2.45, 2.75) is 31.8 Å². The van der Waals surface area contributed by atoms with Crippen LogP contribution in [0.5, 0.6) is 0 Å². The molecule has 0 unspecified atom stereocenters. The largest absolute Gasteiger partial charge is 0.443 e. The van der Waals surface area contributed by atoms with E-state index in [9.17, 15) is 4.79 Å². The minimum Gasteiger partial charge on any atom is -0.443 e. The third kappa shape index (κ3) is 4.26. The first-order chi connectivity index (χ1) is 7.06. The third-order valence-corrected chi connectivity index (χ3v) is 3.14. The fraction of sp³-hybridized carbons (Fsp3) is 0.900. The smallest absolute Gasteiger partial charge is 0.405 e. The van der Waals surface area contributed by atoms with Crippen molar-refractivity contribution in [3.05, 3.63) is 0 Å². The molecule has 0 aromatic rings. The van der Waals surface area contributed by atoms with Crippen LogP contribution >= 0.6 is 11.6 Å². The van der Waals surface area contributed by atoms with Gasteiger partial charge in [-0.05, 0) is 32.7 Å². The Balaban J connectivity index is 2.30. The highest BCUT2D eigenvalue weighted by Gasteiger charge is 2.32. The number of amides is 1. The predicted molar refractivity (Wildman–Crippen MR) is 60.1 cm³/mol. The van der Waals surface area contributed by atoms with Crippen molar-refractivity contribution in [1.82, 2.24) is 4.90 Å². The van der Waals surface area contributed by atoms with E-state index in [2.05, 4.69) is 4.90 Å². The summed E-state index contributed by atoms with van der Waals surface area (Å²) in [5.41, 5.74) is 4.66. The minimum absolute atomic E-state index is 0.372. The van der Waals surface area contributed by atoms with Gasteiger partial charge in [-0.15, -0.1) is 11.6 Å². The van der Waals surface area contributed by atoms with Crippen LogP contribution in [-0.2, 0) is 4.74 Å². The van der Waals surface area contributed by atoms with Gasteiger partial charge < -0.3 is 15.4 Å². The Morgan fingerprint density at radius 3 is 2.60 bits per heavy atom. The van der Waals surface area contributed by atoms with Crippen molar-refractivity contribution >= 4 is 17.7 Å². The summed E-state index contributed by atoms with van der Waals surface area (Å²) < 4.78 is 5.12. The second kappa shape index (κ2) is 5.56. The molecule has 1 amide bonds. The second-order valence-corrected chi connectivity index (χ2v) is 4.63. The Labute approximate surface area is 95.7 Å². The monoisotopic (exact) mass is 234 g/mol. The van der Waals surface area contributed by atoms with Gasteiger partial charge in [-0.3, -0.25) is 0 Å². The van der Waals surface area contributed by atoms with E-state index in [1.165, 1.54) is 0 Å². The number of nitrogens with zero attached hydrogens (tertiary/aromatic N) is 1. The van der Waals surface area contributed by atoms with Crippen molar-refractivity contribution in [1.29, 1.82) is 0 Å². The Bertz CT molecular complexity index is 215. The Morgan fingerprint density at radius 1 is 1.53 bits per heavy atom. The van der Waals surface area contributed by atoms with Gasteiger partial charge in [-0.1, -0.05) is 0 Å². The number of hydrogen-bond donors (Lipinski definition) is 1. The molecule has 5 heteroatoms. The van der Waals surface area contributed by atoms with Crippen molar-refractivity contribution in [3.8, 4) is 0 Å². The number of rotatable bonds is 4. The molecule has 0 aliphatic carbocycles. The van der Waals surface area contributed by atoms with Gasteiger partial charge in [0.05, 0.1) is 0 Å². The van der Waals surface area contributed by atoms with Gasteiger partial charge in [0.15, 0.2) is 0 Å². The molecular weight excluding hydrogens is 216 g/mol. The maximum atomic E-state index is 10.7. The summed E-state index contributed by atoms with van der Waals surface area (Å²) >= 11 is 5.63. The summed E-state index contributed by atoms with van der Waals surface area (Å²) in [5, 5.41) is 0. The minimum atomic E-state index is -0.674. The average Bonchev–Trinajstić information content (AvgIpc) is 2.15. The number of halogens is 1. The van der Waals surface area contributed by atoms with Crippen molar-refractivity contribution < 1.29 is 9.53 Å². The fourth-order valence-electron chi connectivity index (χ4n) is 1.88. The number of piperidine rings is 1. The molecule has 1 heterocycles. The van der Waals surface area contributed by atoms with Crippen molar-refractivity contribution in [2.75, 3.05) is 25.5 Å². The van der Waals surface area contributed by atoms with Crippen molar-refractivity contribution in [2.24, 2.45) is 5.73 Å². The highest BCUT2D eigenvalue weighted by Crippen LogP contribution is 2.25. The predicted octanol–water partition coefficient (Wildman–Crippen LogP) is 1.57. The molecule has 1 aliphatic heterocycles. The van der Waals surface area contributed by atoms with Gasteiger partial charge in [-0.25, -0.2) is 4.79 Å². The van der Waals surface area contributed by atoms with E-state index in [-0.39, 0.29) is 5.60 Å². The van der Waals surface area contributed by atoms with E-state index in [0.717, 1.165) is 38.9 Å². The first-order valence-electron chi connectivity index (χ1n) is 5.32. The van der Waals surface area contributed by atoms with Gasteiger partial charge >= 0.3 is 6.09 Å². The molecule has 1 rings (SSSR count). The highest BCUT2D eigenvalue weighted by molar-refractivity contribution is 6.17. The molecule has 0 spiro atoms. The molecule has 0 atom stereocenters. The summed E-state index contributed by atoms with van der Waals surface area (Å²) in [6.45, 7) is 4.86. The van der Waals surface area contributed by atoms with E-state index in [1.807, 2.05) is 6.92 Å². The number of ether oxygens (including phenoxy) is 1. The SMILES string of the molecule is CC1(OC(N)=O)CCN(CCCCl)CC1. The summed E-state index contributed by atoms with van der Waals surface area (Å²) in [5.74, 6) is 0.700. The van der Waals surface area contributed by atoms with Gasteiger partial charge in [0.1, 0.15) is 5.60 Å². The molecule has 1 aliphatic rings. The quantitative estimate of drug-likeness (QED) is 0.752. The molecule has 15 heavy (non-hydrogen) atoms. The molecule has 0 aromatic carbocycles. The van der Waals surface area contributed by atoms with Crippen LogP contribution in [0.25, 0.3) is 0 Å². The number of carbonyl (C=O) groups excluding carboxylic acids is 1. The topological polar surface area (TPSA) is 55.6 Å². The summed E-state index contributed by atoms with van der Waals surface area (Å²) in [7, 11) is 0. The molecule has 0 bridgehead atoms. The van der Waals surface area contributed by atoms with Crippen LogP contribution in [-0.4, -0.2) is 42.1 Å². The number of hydrogen-bond acceptors (Lipinski definition) is 3. The number of nitrogens with two attached hydrogens (primary N) is 1. The molecule has 0 aromatic heterocycles. The average molecular weight is 235 g/mol. The lowest BCUT2D eigenvalue weighted by Gasteiger charge is -2.38. The summed E-state index contributed by atoms with van der Waals surface area (Å²) in [4.78, 5) is 13.0. The lowest BCUT2D eigenvalue weighted by Crippen LogP contribution is -2.46. The lowest BCUT2D eigenvalue weighted by molar-refractivity contribution is -0.0180. The molecular formula is C10H19ClN2O2. The molecule has 0 radical (unpaired) electrons. The molecule has 4 nitrogen and oxygen atoms in total. The number of primary amides is 1. The zero-order chi connectivity index (χ0) is 11.3. The fourth-order valence-corrected chi connectivity index (χ4v) is 2.00. The Kier molecular flexibility index (Phi) is 4.67. The molecule has 2 N–H and O–H groups in total. The standard InChI is InChI=1S/C10H19ClN2O2/c1-10(15-9(12)14)3-7-13(8-4-10)6-2-5-11/h2-8H2,1H3,(H2,12,14). The summed E-state index contributed by atoms with van der Waals surface area (Å²) in [6, 6.07) is 0. The maximum absolute atomic E-state index is 10.7. The van der Waals surface area contributed by atoms with Gasteiger partial charge in [0.2, 0.25) is 0 Å². The van der Waals surface area contributed by atoms with Crippen LogP contribution in [0.1, 0.15) is 26.2 Å². The van der Waals surface area contributed by atoms with Crippen LogP contribution in [0.3, 0.4) is 0 Å². The number of carbonyl (C=O) groups is 1. The van der Waals surface area contributed by atoms with E-state index in [0.29, 0.717) is 5.88 Å². The van der Waals surface area contributed by atoms with Gasteiger partial charge in [0.25, 0.3) is 0 Å². The zero-order valence-electron chi connectivity index (χ0n) is 9.17. The highest BCUT2D eigenvalue weighted by atomic mass is 35.5. The zero-order valence-corrected chi connectivity index (χ0v) is 9.92. The van der Waals surface area contributed by atoms with E-state index < -0.39 is 6.09 Å². The third-order valence-electron chi connectivity index (χ3n) is 2.87. The van der Waals surface area contributed by atoms with Gasteiger partial charge in [-0.2, -0.15) is 0 Å². The lowest BCUT2D eigenvalue weighted by atomic mass is 9.93. The van der Waals surface area contributed by atoms with E-state index in [4.69, 9.17) is 22.1 Å². The Morgan fingerprint density at radius 2 is 2.13 bits per heavy atom. The Hall–Kier alpha value is -0.480. The first-order valence-corrected chi connectivity index (χ1v) is 5.86. The van der Waals surface area contributed by atoms with E-state index >= 15 is 0 Å². The number of alkyl halides is 1. The van der Waals surface area contributed by atoms with Crippen LogP contribution in [0.2, 0.25) is 0 Å². The normalized spacial score (nSPS) is 21.2. The van der Waals surface area contributed by atoms with Crippen LogP contribution < -0.4 is 5.73 Å². The van der Waals surface area contributed by atoms with Crippen LogP contribution in [0, 0.1) is 0 Å². The number of likely N-dealkylation sites (tertiary alicyclic amines) is 1. The second-order valence-electron chi connectivity index (χ2n) is 4.26. The molecule has 1 fully saturated rings. The van der Waals surface area contributed by atoms with Crippen LogP contribution in [0.15, 0.2) is 0 Å². The molecule has 0 saturated carbocycles. The van der Waals surface area contributed by atoms with Gasteiger partial charge in [0, 0.05) is 19.0 Å². The van der Waals surface area contributed by atoms with Crippen molar-refractivity contribution in [3.63, 3.8) is 0 Å². The first kappa shape index (κ1) is 12.6.